The first-order valence-corrected chi connectivity index (χ1v) is 13.3. The summed E-state index contributed by atoms with van der Waals surface area (Å²) in [4.78, 5) is 16.3. The van der Waals surface area contributed by atoms with Crippen LogP contribution in [0.4, 0.5) is 5.69 Å². The predicted molar refractivity (Wildman–Crippen MR) is 161 cm³/mol. The molecule has 0 bridgehead atoms. The fourth-order valence-electron chi connectivity index (χ4n) is 5.32. The van der Waals surface area contributed by atoms with Gasteiger partial charge in [-0.05, 0) is 52.6 Å². The van der Waals surface area contributed by atoms with Crippen LogP contribution in [0, 0.1) is 0 Å². The number of hydrogen-bond acceptors (Lipinski definition) is 2. The number of carbonyl (C=O) groups excluding carboxylic acids is 1. The highest BCUT2D eigenvalue weighted by atomic mass is 35.5. The van der Waals surface area contributed by atoms with Gasteiger partial charge in [0.25, 0.3) is 0 Å². The van der Waals surface area contributed by atoms with Gasteiger partial charge >= 0.3 is 0 Å². The fourth-order valence-corrected chi connectivity index (χ4v) is 5.44. The van der Waals surface area contributed by atoms with Gasteiger partial charge in [-0.2, -0.15) is 0 Å². The lowest BCUT2D eigenvalue weighted by atomic mass is 9.75. The van der Waals surface area contributed by atoms with Crippen molar-refractivity contribution in [3.63, 3.8) is 0 Å². The Kier molecular flexibility index (Phi) is 6.71. The summed E-state index contributed by atoms with van der Waals surface area (Å²) in [5.74, 6) is -0.0283. The quantitative estimate of drug-likeness (QED) is 0.207. The van der Waals surface area contributed by atoms with Gasteiger partial charge in [0, 0.05) is 28.0 Å². The lowest BCUT2D eigenvalue weighted by Crippen LogP contribution is -2.45. The average Bonchev–Trinajstić information content (AvgIpc) is 3.02. The summed E-state index contributed by atoms with van der Waals surface area (Å²) in [5, 5.41) is 0.658. The lowest BCUT2D eigenvalue weighted by molar-refractivity contribution is 0.103. The van der Waals surface area contributed by atoms with Crippen molar-refractivity contribution in [1.29, 1.82) is 0 Å². The van der Waals surface area contributed by atoms with E-state index >= 15 is 0 Å². The van der Waals surface area contributed by atoms with Crippen molar-refractivity contribution in [2.24, 2.45) is 0 Å². The smallest absolute Gasteiger partial charge is 0.195 e. The number of Topliss-reactive ketones (excluding diaryl/α,β-unsaturated/α-hetero) is 1. The molecule has 0 atom stereocenters. The number of ketones is 1. The maximum Gasteiger partial charge on any atom is 0.195 e. The zero-order valence-corrected chi connectivity index (χ0v) is 22.0. The number of anilines is 1. The molecule has 3 heteroatoms. The molecule has 1 aliphatic rings. The number of carbonyl (C=O) groups is 1. The fraction of sp³-hybridized carbons (Fsp3) is 0.0278. The Bertz CT molecular complexity index is 1600. The highest BCUT2D eigenvalue weighted by Crippen LogP contribution is 2.47. The molecule has 0 unspecified atom stereocenters. The van der Waals surface area contributed by atoms with E-state index in [4.69, 9.17) is 11.6 Å². The second-order valence-electron chi connectivity index (χ2n) is 9.51. The molecule has 5 aromatic rings. The van der Waals surface area contributed by atoms with Crippen LogP contribution < -0.4 is 4.90 Å². The molecule has 0 spiro atoms. The Hall–Kier alpha value is -4.66. The van der Waals surface area contributed by atoms with Crippen LogP contribution in [-0.4, -0.2) is 5.78 Å². The van der Waals surface area contributed by atoms with E-state index in [1.54, 1.807) is 0 Å². The van der Waals surface area contributed by atoms with Crippen molar-refractivity contribution in [2.45, 2.75) is 5.54 Å². The van der Waals surface area contributed by atoms with Gasteiger partial charge in [0.2, 0.25) is 0 Å². The molecule has 0 radical (unpaired) electrons. The second kappa shape index (κ2) is 10.6. The number of halogens is 1. The van der Waals surface area contributed by atoms with Crippen LogP contribution >= 0.6 is 11.6 Å². The van der Waals surface area contributed by atoms with Gasteiger partial charge in [0.1, 0.15) is 5.54 Å². The Labute approximate surface area is 234 Å². The first-order valence-electron chi connectivity index (χ1n) is 12.9. The molecule has 0 fully saturated rings. The maximum atomic E-state index is 14.1. The van der Waals surface area contributed by atoms with E-state index in [1.165, 1.54) is 0 Å². The summed E-state index contributed by atoms with van der Waals surface area (Å²) in [7, 11) is 0. The van der Waals surface area contributed by atoms with Crippen LogP contribution in [0.25, 0.3) is 5.57 Å². The van der Waals surface area contributed by atoms with Crippen LogP contribution in [0.1, 0.15) is 27.0 Å². The molecule has 0 saturated carbocycles. The first-order chi connectivity index (χ1) is 19.2. The minimum Gasteiger partial charge on any atom is -0.329 e. The molecule has 1 heterocycles. The average molecular weight is 524 g/mol. The molecule has 0 aromatic heterocycles. The first kappa shape index (κ1) is 24.7. The Morgan fingerprint density at radius 2 is 1.08 bits per heavy atom. The van der Waals surface area contributed by atoms with E-state index in [-0.39, 0.29) is 5.78 Å². The highest BCUT2D eigenvalue weighted by molar-refractivity contribution is 6.30. The summed E-state index contributed by atoms with van der Waals surface area (Å²) in [5.41, 5.74) is 5.51. The summed E-state index contributed by atoms with van der Waals surface area (Å²) in [6, 6.07) is 48.3. The molecule has 5 aromatic carbocycles. The van der Waals surface area contributed by atoms with Gasteiger partial charge in [0.05, 0.1) is 0 Å². The number of nitrogens with zero attached hydrogens (tertiary/aromatic N) is 1. The van der Waals surface area contributed by atoms with E-state index in [0.29, 0.717) is 16.2 Å². The number of rotatable bonds is 6. The SMILES string of the molecule is O=C(C1=CN(c2ccc(Cl)cc2)C(c2ccccc2)(c2ccccc2)C=C1c1ccccc1)c1ccccc1. The Morgan fingerprint density at radius 3 is 1.62 bits per heavy atom. The topological polar surface area (TPSA) is 20.3 Å². The van der Waals surface area contributed by atoms with Gasteiger partial charge in [-0.25, -0.2) is 0 Å². The third-order valence-corrected chi connectivity index (χ3v) is 7.43. The zero-order valence-electron chi connectivity index (χ0n) is 21.2. The second-order valence-corrected chi connectivity index (χ2v) is 9.94. The summed E-state index contributed by atoms with van der Waals surface area (Å²) in [6.07, 6.45) is 4.26. The molecule has 0 amide bonds. The molecule has 0 saturated heterocycles. The Balaban J connectivity index is 1.70. The van der Waals surface area contributed by atoms with Crippen LogP contribution in [0.3, 0.4) is 0 Å². The van der Waals surface area contributed by atoms with E-state index < -0.39 is 5.54 Å². The zero-order chi connectivity index (χ0) is 26.7. The van der Waals surface area contributed by atoms with E-state index in [9.17, 15) is 4.79 Å². The Morgan fingerprint density at radius 1 is 0.590 bits per heavy atom. The summed E-state index contributed by atoms with van der Waals surface area (Å²) in [6.45, 7) is 0. The van der Waals surface area contributed by atoms with Crippen molar-refractivity contribution in [1.82, 2.24) is 0 Å². The van der Waals surface area contributed by atoms with E-state index in [1.807, 2.05) is 91.1 Å². The standard InChI is InChI=1S/C36H26ClNO/c37-31-21-23-32(24-22-31)38-26-34(35(39)28-15-7-2-8-16-28)33(27-13-5-1-6-14-27)25-36(38,29-17-9-3-10-18-29)30-19-11-4-12-20-30/h1-26H. The van der Waals surface area contributed by atoms with Gasteiger partial charge in [-0.1, -0.05) is 133 Å². The van der Waals surface area contributed by atoms with Crippen molar-refractivity contribution >= 4 is 28.6 Å². The van der Waals surface area contributed by atoms with Crippen LogP contribution in [0.5, 0.6) is 0 Å². The van der Waals surface area contributed by atoms with Gasteiger partial charge < -0.3 is 4.90 Å². The molecule has 188 valence electrons. The van der Waals surface area contributed by atoms with Crippen LogP contribution in [-0.2, 0) is 5.54 Å². The van der Waals surface area contributed by atoms with E-state index in [2.05, 4.69) is 71.6 Å². The molecule has 39 heavy (non-hydrogen) atoms. The van der Waals surface area contributed by atoms with Gasteiger partial charge in [-0.3, -0.25) is 4.79 Å². The lowest BCUT2D eigenvalue weighted by Gasteiger charge is -2.46. The molecule has 2 nitrogen and oxygen atoms in total. The predicted octanol–water partition coefficient (Wildman–Crippen LogP) is 8.95. The van der Waals surface area contributed by atoms with Gasteiger partial charge in [-0.15, -0.1) is 0 Å². The highest BCUT2D eigenvalue weighted by Gasteiger charge is 2.42. The largest absolute Gasteiger partial charge is 0.329 e. The summed E-state index contributed by atoms with van der Waals surface area (Å²) >= 11 is 6.32. The van der Waals surface area contributed by atoms with Crippen molar-refractivity contribution in [3.05, 3.63) is 191 Å². The third-order valence-electron chi connectivity index (χ3n) is 7.18. The van der Waals surface area contributed by atoms with Crippen molar-refractivity contribution in [3.8, 4) is 0 Å². The summed E-state index contributed by atoms with van der Waals surface area (Å²) < 4.78 is 0. The van der Waals surface area contributed by atoms with Crippen molar-refractivity contribution in [2.75, 3.05) is 4.90 Å². The number of allylic oxidation sites excluding steroid dienone is 2. The monoisotopic (exact) mass is 523 g/mol. The maximum absolute atomic E-state index is 14.1. The molecular formula is C36H26ClNO. The molecular weight excluding hydrogens is 498 g/mol. The normalized spacial score (nSPS) is 14.3. The number of hydrogen-bond donors (Lipinski definition) is 0. The molecule has 6 rings (SSSR count). The van der Waals surface area contributed by atoms with Gasteiger partial charge in [0.15, 0.2) is 5.78 Å². The van der Waals surface area contributed by atoms with Crippen LogP contribution in [0.15, 0.2) is 163 Å². The van der Waals surface area contributed by atoms with E-state index in [0.717, 1.165) is 28.0 Å². The van der Waals surface area contributed by atoms with Crippen LogP contribution in [0.2, 0.25) is 5.02 Å². The van der Waals surface area contributed by atoms with Crippen molar-refractivity contribution < 1.29 is 4.79 Å². The number of benzene rings is 5. The minimum absolute atomic E-state index is 0.0283. The minimum atomic E-state index is -0.734. The molecule has 1 aliphatic heterocycles. The molecule has 0 N–H and O–H groups in total. The third kappa shape index (κ3) is 4.60. The molecule has 0 aliphatic carbocycles.